The van der Waals surface area contributed by atoms with Crippen molar-refractivity contribution in [1.29, 1.82) is 0 Å². The van der Waals surface area contributed by atoms with E-state index in [2.05, 4.69) is 11.6 Å². The Morgan fingerprint density at radius 2 is 2.20 bits per heavy atom. The van der Waals surface area contributed by atoms with Gasteiger partial charge in [0.15, 0.2) is 0 Å². The molecule has 1 aliphatic rings. The van der Waals surface area contributed by atoms with Gasteiger partial charge in [-0.25, -0.2) is 4.98 Å². The van der Waals surface area contributed by atoms with Crippen LogP contribution in [-0.4, -0.2) is 17.7 Å². The number of aromatic nitrogens is 1. The zero-order valence-corrected chi connectivity index (χ0v) is 9.41. The van der Waals surface area contributed by atoms with E-state index in [1.165, 1.54) is 0 Å². The summed E-state index contributed by atoms with van der Waals surface area (Å²) >= 11 is 5.79. The van der Waals surface area contributed by atoms with Gasteiger partial charge >= 0.3 is 7.12 Å². The molecule has 5 heteroatoms. The number of halogens is 1. The normalized spacial score (nSPS) is 19.1. The maximum Gasteiger partial charge on any atom is 0.583 e. The Bertz CT molecular complexity index is 408. The second-order valence-electron chi connectivity index (χ2n) is 3.89. The molecule has 0 spiro atoms. The van der Waals surface area contributed by atoms with Crippen LogP contribution >= 0.6 is 11.6 Å². The van der Waals surface area contributed by atoms with Gasteiger partial charge in [0.25, 0.3) is 0 Å². The average Bonchev–Trinajstić information content (AvgIpc) is 2.42. The molecule has 0 bridgehead atoms. The molecule has 3 nitrogen and oxygen atoms in total. The summed E-state index contributed by atoms with van der Waals surface area (Å²) in [5.74, 6) is 0.606. The molecule has 1 fully saturated rings. The van der Waals surface area contributed by atoms with Gasteiger partial charge in [-0.15, -0.1) is 0 Å². The van der Waals surface area contributed by atoms with Gasteiger partial charge < -0.3 is 9.31 Å². The van der Waals surface area contributed by atoms with Crippen molar-refractivity contribution < 1.29 is 9.31 Å². The second kappa shape index (κ2) is 3.54. The lowest BCUT2D eigenvalue weighted by Gasteiger charge is -2.15. The van der Waals surface area contributed by atoms with Gasteiger partial charge in [-0.3, -0.25) is 0 Å². The summed E-state index contributed by atoms with van der Waals surface area (Å²) in [5, 5.41) is 0.426. The van der Waals surface area contributed by atoms with E-state index in [0.29, 0.717) is 16.5 Å². The van der Waals surface area contributed by atoms with Crippen LogP contribution in [0.15, 0.2) is 30.5 Å². The molecule has 0 amide bonds. The summed E-state index contributed by atoms with van der Waals surface area (Å²) in [4.78, 5) is 4.13. The number of rotatable bonds is 1. The molecule has 0 radical (unpaired) electrons. The van der Waals surface area contributed by atoms with Crippen molar-refractivity contribution in [2.24, 2.45) is 0 Å². The van der Waals surface area contributed by atoms with Crippen LogP contribution in [0, 0.1) is 0 Å². The minimum Gasteiger partial charge on any atom is -0.533 e. The Balaban J connectivity index is 2.25. The van der Waals surface area contributed by atoms with Gasteiger partial charge in [0.05, 0.1) is 11.4 Å². The van der Waals surface area contributed by atoms with Gasteiger partial charge in [-0.05, 0) is 26.0 Å². The topological polar surface area (TPSA) is 31.4 Å². The molecular weight excluding hydrogens is 212 g/mol. The minimum atomic E-state index is -0.508. The molecule has 0 aromatic carbocycles. The fourth-order valence-electron chi connectivity index (χ4n) is 1.30. The number of nitrogens with zero attached hydrogens (tertiary/aromatic N) is 1. The van der Waals surface area contributed by atoms with Crippen LogP contribution in [0.2, 0.25) is 5.15 Å². The Kier molecular flexibility index (Phi) is 2.48. The fraction of sp³-hybridized carbons (Fsp3) is 0.300. The van der Waals surface area contributed by atoms with Gasteiger partial charge in [0.2, 0.25) is 0 Å². The van der Waals surface area contributed by atoms with Crippen LogP contribution in [-0.2, 0) is 9.31 Å². The standard InChI is InChI=1S/C10H11BClNO2/c1-7-10(2,3)15-11(14-7)8-5-4-6-9(12)13-8/h4-6H,1H2,2-3H3. The monoisotopic (exact) mass is 223 g/mol. The summed E-state index contributed by atoms with van der Waals surface area (Å²) in [6.45, 7) is 7.60. The Morgan fingerprint density at radius 3 is 2.73 bits per heavy atom. The SMILES string of the molecule is C=C1OB(c2cccc(Cl)n2)OC1(C)C. The lowest BCUT2D eigenvalue weighted by Crippen LogP contribution is -2.36. The molecule has 1 aromatic rings. The summed E-state index contributed by atoms with van der Waals surface area (Å²) in [6, 6.07) is 5.33. The highest BCUT2D eigenvalue weighted by Crippen LogP contribution is 2.28. The first-order valence-electron chi connectivity index (χ1n) is 4.65. The highest BCUT2D eigenvalue weighted by atomic mass is 35.5. The van der Waals surface area contributed by atoms with Gasteiger partial charge in [0.1, 0.15) is 10.8 Å². The smallest absolute Gasteiger partial charge is 0.533 e. The molecular formula is C10H11BClNO2. The third-order valence-corrected chi connectivity index (χ3v) is 2.51. The Morgan fingerprint density at radius 1 is 1.47 bits per heavy atom. The van der Waals surface area contributed by atoms with Crippen LogP contribution in [0.25, 0.3) is 0 Å². The maximum absolute atomic E-state index is 5.79. The summed E-state index contributed by atoms with van der Waals surface area (Å²) in [7, 11) is -0.508. The number of pyridine rings is 1. The first-order valence-corrected chi connectivity index (χ1v) is 5.03. The molecule has 1 aromatic heterocycles. The molecule has 15 heavy (non-hydrogen) atoms. The van der Waals surface area contributed by atoms with Crippen molar-refractivity contribution in [2.45, 2.75) is 19.4 Å². The van der Waals surface area contributed by atoms with Crippen molar-refractivity contribution in [3.63, 3.8) is 0 Å². The Labute approximate surface area is 94.2 Å². The van der Waals surface area contributed by atoms with Gasteiger partial charge in [-0.1, -0.05) is 24.2 Å². The lowest BCUT2D eigenvalue weighted by molar-refractivity contribution is 0.173. The lowest BCUT2D eigenvalue weighted by atomic mass is 9.84. The zero-order valence-electron chi connectivity index (χ0n) is 8.66. The van der Waals surface area contributed by atoms with E-state index in [1.807, 2.05) is 26.0 Å². The largest absolute Gasteiger partial charge is 0.583 e. The first kappa shape index (κ1) is 10.5. The third-order valence-electron chi connectivity index (χ3n) is 2.30. The van der Waals surface area contributed by atoms with Crippen LogP contribution in [0.5, 0.6) is 0 Å². The highest BCUT2D eigenvalue weighted by molar-refractivity contribution is 6.61. The van der Waals surface area contributed by atoms with E-state index in [9.17, 15) is 0 Å². The maximum atomic E-state index is 5.79. The van der Waals surface area contributed by atoms with Crippen LogP contribution in [0.1, 0.15) is 13.8 Å². The molecule has 0 aliphatic carbocycles. The molecule has 78 valence electrons. The molecule has 0 N–H and O–H groups in total. The third kappa shape index (κ3) is 2.01. The summed E-state index contributed by atoms with van der Waals surface area (Å²) in [6.07, 6.45) is 0. The second-order valence-corrected chi connectivity index (χ2v) is 4.27. The molecule has 0 unspecified atom stereocenters. The minimum absolute atomic E-state index is 0.426. The number of hydrogen-bond donors (Lipinski definition) is 0. The van der Waals surface area contributed by atoms with E-state index in [1.54, 1.807) is 6.07 Å². The molecule has 2 rings (SSSR count). The van der Waals surface area contributed by atoms with E-state index < -0.39 is 12.7 Å². The van der Waals surface area contributed by atoms with E-state index >= 15 is 0 Å². The molecule has 1 aliphatic heterocycles. The van der Waals surface area contributed by atoms with Gasteiger partial charge in [0, 0.05) is 0 Å². The highest BCUT2D eigenvalue weighted by Gasteiger charge is 2.43. The molecule has 2 heterocycles. The number of hydrogen-bond acceptors (Lipinski definition) is 3. The van der Waals surface area contributed by atoms with E-state index in [-0.39, 0.29) is 0 Å². The van der Waals surface area contributed by atoms with Crippen molar-refractivity contribution in [3.8, 4) is 0 Å². The molecule has 1 saturated heterocycles. The molecule has 0 atom stereocenters. The van der Waals surface area contributed by atoms with Crippen LogP contribution < -0.4 is 5.59 Å². The quantitative estimate of drug-likeness (QED) is 0.537. The fourth-order valence-corrected chi connectivity index (χ4v) is 1.47. The van der Waals surface area contributed by atoms with Crippen molar-refractivity contribution in [2.75, 3.05) is 0 Å². The zero-order chi connectivity index (χ0) is 11.1. The van der Waals surface area contributed by atoms with Crippen LogP contribution in [0.4, 0.5) is 0 Å². The van der Waals surface area contributed by atoms with Crippen molar-refractivity contribution in [3.05, 3.63) is 35.7 Å². The van der Waals surface area contributed by atoms with Crippen LogP contribution in [0.3, 0.4) is 0 Å². The van der Waals surface area contributed by atoms with E-state index in [4.69, 9.17) is 20.9 Å². The van der Waals surface area contributed by atoms with Crippen molar-refractivity contribution in [1.82, 2.24) is 4.98 Å². The van der Waals surface area contributed by atoms with Crippen molar-refractivity contribution >= 4 is 24.3 Å². The van der Waals surface area contributed by atoms with E-state index in [0.717, 1.165) is 0 Å². The Hall–Kier alpha value is -0.995. The predicted octanol–water partition coefficient (Wildman–Crippen LogP) is 1.77. The average molecular weight is 223 g/mol. The van der Waals surface area contributed by atoms with Gasteiger partial charge in [-0.2, -0.15) is 0 Å². The summed E-state index contributed by atoms with van der Waals surface area (Å²) < 4.78 is 11.1. The predicted molar refractivity (Wildman–Crippen MR) is 60.0 cm³/mol. The summed E-state index contributed by atoms with van der Waals surface area (Å²) in [5.41, 5.74) is 0.184. The molecule has 0 saturated carbocycles. The first-order chi connectivity index (χ1) is 6.99.